The molecule has 2 rings (SSSR count). The van der Waals surface area contributed by atoms with E-state index >= 15 is 0 Å². The Balaban J connectivity index is 2.17. The molecule has 2 aromatic rings. The Morgan fingerprint density at radius 2 is 1.45 bits per heavy atom. The first-order valence-corrected chi connectivity index (χ1v) is 27.6. The Labute approximate surface area is 436 Å². The number of aryl methyl sites for hydroxylation is 1. The lowest BCUT2D eigenvalue weighted by Crippen LogP contribution is -2.59. The molecule has 0 radical (unpaired) electrons. The number of aromatic amines is 1. The molecule has 0 spiro atoms. The van der Waals surface area contributed by atoms with Crippen molar-refractivity contribution in [1.82, 2.24) is 41.5 Å². The highest BCUT2D eigenvalue weighted by atomic mass is 32.1. The molecule has 7 amide bonds. The highest BCUT2D eigenvalue weighted by Crippen LogP contribution is 2.37. The van der Waals surface area contributed by atoms with Crippen molar-refractivity contribution < 1.29 is 57.4 Å². The molecule has 0 bridgehead atoms. The quantitative estimate of drug-likeness (QED) is 0.0265. The standard InChI is InChI=1S/C50H84N9O12PS/c1-34(2)28-39(48(66)57-40(29-38-30-52-33-54-38)47(65)55-36(4)46(64)58-44(45(51)63)35(3)32-72(67,68)69)56-42(61)31-59(24-15-10-9-12-16-37-17-13-11-14-18-37)43(62)19-25-70-50(7,8)22-26-71-49(5,6)21-23-53-41(60)20-27-73/h11,13-14,17-18,30,33-36,39-40,44,73H,9-10,12,15-16,19-29,31-32H2,1-8H3,(H2,51,63)(H,52,54)(H,53,60)(H,55,65)(H,56,61)(H,57,66)(H,58,64)(H2,67,68,69). The summed E-state index contributed by atoms with van der Waals surface area (Å²) in [5.41, 5.74) is 6.00. The van der Waals surface area contributed by atoms with E-state index in [0.29, 0.717) is 56.8 Å². The monoisotopic (exact) mass is 1070 g/mol. The summed E-state index contributed by atoms with van der Waals surface area (Å²) in [6.45, 7) is 15.0. The molecule has 0 fully saturated rings. The van der Waals surface area contributed by atoms with E-state index in [1.807, 2.05) is 59.7 Å². The Bertz CT molecular complexity index is 2070. The average Bonchev–Trinajstić information content (AvgIpc) is 3.80. The van der Waals surface area contributed by atoms with Crippen molar-refractivity contribution in [3.8, 4) is 0 Å². The van der Waals surface area contributed by atoms with Gasteiger partial charge in [-0.25, -0.2) is 4.98 Å². The van der Waals surface area contributed by atoms with E-state index in [9.17, 15) is 47.9 Å². The molecule has 1 aromatic carbocycles. The summed E-state index contributed by atoms with van der Waals surface area (Å²) in [5, 5.41) is 13.2. The number of hydrogen-bond donors (Lipinski definition) is 10. The van der Waals surface area contributed by atoms with Gasteiger partial charge in [0.25, 0.3) is 0 Å². The van der Waals surface area contributed by atoms with Crippen LogP contribution in [-0.2, 0) is 60.4 Å². The van der Waals surface area contributed by atoms with Gasteiger partial charge in [-0.1, -0.05) is 63.9 Å². The molecule has 0 aliphatic heterocycles. The van der Waals surface area contributed by atoms with Gasteiger partial charge < -0.3 is 61.5 Å². The molecular formula is C50H84N9O12PS. The topological polar surface area (TPSA) is 314 Å². The van der Waals surface area contributed by atoms with Crippen LogP contribution in [0.4, 0.5) is 0 Å². The Kier molecular flexibility index (Phi) is 28.6. The van der Waals surface area contributed by atoms with Crippen LogP contribution in [-0.4, -0.2) is 146 Å². The van der Waals surface area contributed by atoms with Gasteiger partial charge in [-0.05, 0) is 96.3 Å². The number of thiol groups is 1. The number of carbonyl (C=O) groups excluding carboxylic acids is 7. The van der Waals surface area contributed by atoms with Crippen molar-refractivity contribution in [2.45, 2.75) is 161 Å². The normalized spacial score (nSPS) is 14.0. The Morgan fingerprint density at radius 3 is 2.07 bits per heavy atom. The van der Waals surface area contributed by atoms with Crippen LogP contribution in [0.2, 0.25) is 0 Å². The minimum absolute atomic E-state index is 0.00456. The molecule has 73 heavy (non-hydrogen) atoms. The van der Waals surface area contributed by atoms with Gasteiger partial charge in [0.2, 0.25) is 41.4 Å². The molecule has 0 aliphatic rings. The fraction of sp³-hybridized carbons (Fsp3) is 0.680. The van der Waals surface area contributed by atoms with Crippen LogP contribution in [0, 0.1) is 11.8 Å². The summed E-state index contributed by atoms with van der Waals surface area (Å²) >= 11 is 4.09. The molecule has 21 nitrogen and oxygen atoms in total. The van der Waals surface area contributed by atoms with Gasteiger partial charge in [0.15, 0.2) is 0 Å². The van der Waals surface area contributed by atoms with E-state index in [4.69, 9.17) is 15.2 Å². The highest BCUT2D eigenvalue weighted by Gasteiger charge is 2.34. The third-order valence-electron chi connectivity index (χ3n) is 12.0. The first-order valence-electron chi connectivity index (χ1n) is 25.2. The molecule has 23 heteroatoms. The number of benzene rings is 1. The number of primary amides is 1. The van der Waals surface area contributed by atoms with Crippen LogP contribution in [0.5, 0.6) is 0 Å². The number of ether oxygens (including phenoxy) is 2. The van der Waals surface area contributed by atoms with Crippen molar-refractivity contribution >= 4 is 61.6 Å². The molecular weight excluding hydrogens is 982 g/mol. The number of imidazole rings is 1. The number of rotatable bonds is 37. The highest BCUT2D eigenvalue weighted by molar-refractivity contribution is 7.80. The molecule has 5 unspecified atom stereocenters. The molecule has 5 atom stereocenters. The summed E-state index contributed by atoms with van der Waals surface area (Å²) < 4.78 is 23.9. The minimum atomic E-state index is -4.57. The maximum absolute atomic E-state index is 14.1. The second kappa shape index (κ2) is 32.4. The first kappa shape index (κ1) is 64.3. The molecule has 0 saturated carbocycles. The molecule has 0 saturated heterocycles. The Morgan fingerprint density at radius 1 is 0.808 bits per heavy atom. The summed E-state index contributed by atoms with van der Waals surface area (Å²) in [4.78, 5) is 120. The molecule has 1 heterocycles. The second-order valence-electron chi connectivity index (χ2n) is 20.3. The van der Waals surface area contributed by atoms with Crippen molar-refractivity contribution in [2.75, 3.05) is 44.8 Å². The average molecular weight is 1070 g/mol. The van der Waals surface area contributed by atoms with Crippen molar-refractivity contribution in [2.24, 2.45) is 17.6 Å². The van der Waals surface area contributed by atoms with Gasteiger partial charge >= 0.3 is 7.60 Å². The lowest BCUT2D eigenvalue weighted by atomic mass is 10.0. The minimum Gasteiger partial charge on any atom is -0.375 e. The number of H-pyrrole nitrogens is 1. The van der Waals surface area contributed by atoms with Gasteiger partial charge in [-0.3, -0.25) is 38.1 Å². The number of carbonyl (C=O) groups is 7. The number of nitrogens with two attached hydrogens (primary N) is 1. The number of amides is 7. The number of hydrogen-bond acceptors (Lipinski definition) is 12. The van der Waals surface area contributed by atoms with Gasteiger partial charge in [-0.15, -0.1) is 0 Å². The van der Waals surface area contributed by atoms with E-state index in [1.54, 1.807) is 0 Å². The van der Waals surface area contributed by atoms with Gasteiger partial charge in [-0.2, -0.15) is 12.6 Å². The lowest BCUT2D eigenvalue weighted by molar-refractivity contribution is -0.139. The maximum atomic E-state index is 14.1. The van der Waals surface area contributed by atoms with E-state index < -0.39 is 84.6 Å². The maximum Gasteiger partial charge on any atom is 0.325 e. The van der Waals surface area contributed by atoms with Gasteiger partial charge in [0.1, 0.15) is 24.2 Å². The lowest BCUT2D eigenvalue weighted by Gasteiger charge is -2.30. The number of nitrogens with zero attached hydrogens (tertiary/aromatic N) is 2. The summed E-state index contributed by atoms with van der Waals surface area (Å²) in [6.07, 6.45) is 7.92. The predicted molar refractivity (Wildman–Crippen MR) is 281 cm³/mol. The Hall–Kier alpha value is -4.86. The predicted octanol–water partition coefficient (Wildman–Crippen LogP) is 3.09. The zero-order valence-corrected chi connectivity index (χ0v) is 45.9. The number of nitrogens with one attached hydrogen (secondary N) is 6. The third-order valence-corrected chi connectivity index (χ3v) is 13.3. The molecule has 0 aliphatic carbocycles. The van der Waals surface area contributed by atoms with Crippen molar-refractivity contribution in [1.29, 1.82) is 0 Å². The van der Waals surface area contributed by atoms with Crippen LogP contribution >= 0.6 is 20.2 Å². The van der Waals surface area contributed by atoms with E-state index in [0.717, 1.165) is 25.7 Å². The molecule has 412 valence electrons. The largest absolute Gasteiger partial charge is 0.375 e. The first-order chi connectivity index (χ1) is 34.2. The zero-order valence-electron chi connectivity index (χ0n) is 44.1. The molecule has 10 N–H and O–H groups in total. The number of unbranched alkanes of at least 4 members (excludes halogenated alkanes) is 3. The van der Waals surface area contributed by atoms with Crippen LogP contribution < -0.4 is 32.3 Å². The fourth-order valence-corrected chi connectivity index (χ4v) is 8.92. The van der Waals surface area contributed by atoms with E-state index in [-0.39, 0.29) is 50.1 Å². The van der Waals surface area contributed by atoms with Crippen LogP contribution in [0.25, 0.3) is 0 Å². The van der Waals surface area contributed by atoms with Crippen LogP contribution in [0.15, 0.2) is 42.9 Å². The zero-order chi connectivity index (χ0) is 54.8. The van der Waals surface area contributed by atoms with E-state index in [1.165, 1.54) is 36.8 Å². The molecule has 1 aromatic heterocycles. The van der Waals surface area contributed by atoms with Gasteiger partial charge in [0, 0.05) is 37.8 Å². The SMILES string of the molecule is CC(C)CC(NC(=O)CN(CCCCCCc1ccccc1)C(=O)CCOC(C)(C)CCOC(C)(C)CCNC(=O)CCS)C(=O)NC(Cc1cnc[nH]1)C(=O)NC(C)C(=O)NC(C(N)=O)C(C)CP(=O)(O)O. The smallest absolute Gasteiger partial charge is 0.325 e. The summed E-state index contributed by atoms with van der Waals surface area (Å²) in [6, 6.07) is 4.95. The number of aromatic nitrogens is 2. The van der Waals surface area contributed by atoms with Crippen LogP contribution in [0.3, 0.4) is 0 Å². The summed E-state index contributed by atoms with van der Waals surface area (Å²) in [5.74, 6) is -5.03. The summed E-state index contributed by atoms with van der Waals surface area (Å²) in [7, 11) is -4.57. The second-order valence-corrected chi connectivity index (χ2v) is 22.4. The van der Waals surface area contributed by atoms with Crippen molar-refractivity contribution in [3.05, 3.63) is 54.1 Å². The fourth-order valence-electron chi connectivity index (χ4n) is 7.75. The van der Waals surface area contributed by atoms with Crippen molar-refractivity contribution in [3.63, 3.8) is 0 Å². The van der Waals surface area contributed by atoms with Crippen LogP contribution in [0.1, 0.15) is 124 Å². The van der Waals surface area contributed by atoms with E-state index in [2.05, 4.69) is 61.3 Å². The third kappa shape index (κ3) is 27.9. The van der Waals surface area contributed by atoms with Gasteiger partial charge in [0.05, 0.1) is 49.9 Å².